The summed E-state index contributed by atoms with van der Waals surface area (Å²) in [5, 5.41) is 8.06. The first kappa shape index (κ1) is 21.3. The molecule has 6 nitrogen and oxygen atoms in total. The Morgan fingerprint density at radius 1 is 0.588 bits per heavy atom. The van der Waals surface area contributed by atoms with E-state index in [2.05, 4.69) is 10.6 Å². The lowest BCUT2D eigenvalue weighted by Crippen LogP contribution is -2.28. The van der Waals surface area contributed by atoms with Crippen LogP contribution in [0.5, 0.6) is 0 Å². The molecule has 0 fully saturated rings. The molecule has 2 heterocycles. The van der Waals surface area contributed by atoms with E-state index in [0.29, 0.717) is 22.5 Å². The molecule has 34 heavy (non-hydrogen) atoms. The Labute approximate surface area is 197 Å². The van der Waals surface area contributed by atoms with Crippen molar-refractivity contribution in [2.45, 2.75) is 0 Å². The molecule has 0 spiro atoms. The van der Waals surface area contributed by atoms with Crippen LogP contribution in [0, 0.1) is 0 Å². The zero-order valence-corrected chi connectivity index (χ0v) is 18.9. The van der Waals surface area contributed by atoms with Gasteiger partial charge >= 0.3 is 0 Å². The molecule has 0 aliphatic rings. The molecule has 2 aromatic heterocycles. The van der Waals surface area contributed by atoms with Crippen LogP contribution in [0.1, 0.15) is 20.7 Å². The van der Waals surface area contributed by atoms with Crippen molar-refractivity contribution in [1.82, 2.24) is 0 Å². The lowest BCUT2D eigenvalue weighted by molar-refractivity contribution is -0.645. The lowest BCUT2D eigenvalue weighted by atomic mass is 10.1. The number of carbonyl (C=O) groups excluding carboxylic acids is 2. The smallest absolute Gasteiger partial charge is 0.255 e. The van der Waals surface area contributed by atoms with Gasteiger partial charge in [-0.15, -0.1) is 0 Å². The molecule has 0 saturated carbocycles. The van der Waals surface area contributed by atoms with E-state index in [9.17, 15) is 9.59 Å². The van der Waals surface area contributed by atoms with Gasteiger partial charge in [0.15, 0.2) is 12.4 Å². The Balaban J connectivity index is 1.29. The van der Waals surface area contributed by atoms with Gasteiger partial charge in [0.25, 0.3) is 11.8 Å². The van der Waals surface area contributed by atoms with E-state index in [0.717, 1.165) is 21.8 Å². The molecule has 166 valence electrons. The van der Waals surface area contributed by atoms with Crippen LogP contribution in [0.15, 0.2) is 97.3 Å². The number of fused-ring (bicyclic) bond motifs is 2. The Morgan fingerprint density at radius 3 is 1.41 bits per heavy atom. The molecule has 0 radical (unpaired) electrons. The van der Waals surface area contributed by atoms with Gasteiger partial charge in [0, 0.05) is 57.5 Å². The molecule has 2 N–H and O–H groups in total. The molecular formula is C28H24N4O2+2. The van der Waals surface area contributed by atoms with Gasteiger partial charge in [-0.2, -0.15) is 0 Å². The topological polar surface area (TPSA) is 66.0 Å². The predicted molar refractivity (Wildman–Crippen MR) is 133 cm³/mol. The van der Waals surface area contributed by atoms with Crippen LogP contribution in [0.4, 0.5) is 11.4 Å². The Morgan fingerprint density at radius 2 is 1.00 bits per heavy atom. The van der Waals surface area contributed by atoms with Crippen LogP contribution in [0.3, 0.4) is 0 Å². The third kappa shape index (κ3) is 4.21. The van der Waals surface area contributed by atoms with Crippen molar-refractivity contribution >= 4 is 45.0 Å². The monoisotopic (exact) mass is 448 g/mol. The zero-order chi connectivity index (χ0) is 23.7. The number of carbonyl (C=O) groups is 2. The third-order valence-corrected chi connectivity index (χ3v) is 5.92. The van der Waals surface area contributed by atoms with Gasteiger partial charge in [0.05, 0.1) is 0 Å². The van der Waals surface area contributed by atoms with Crippen molar-refractivity contribution in [2.75, 3.05) is 10.6 Å². The lowest BCUT2D eigenvalue weighted by Gasteiger charge is -2.08. The molecule has 2 amide bonds. The van der Waals surface area contributed by atoms with E-state index in [1.54, 1.807) is 24.3 Å². The van der Waals surface area contributed by atoms with Gasteiger partial charge in [-0.05, 0) is 60.7 Å². The minimum absolute atomic E-state index is 0.230. The van der Waals surface area contributed by atoms with Crippen molar-refractivity contribution in [2.24, 2.45) is 14.1 Å². The minimum atomic E-state index is -0.230. The van der Waals surface area contributed by atoms with Crippen molar-refractivity contribution in [3.05, 3.63) is 108 Å². The predicted octanol–water partition coefficient (Wildman–Crippen LogP) is 4.15. The molecule has 0 aliphatic heterocycles. The number of aromatic nitrogens is 2. The number of nitrogens with zero attached hydrogens (tertiary/aromatic N) is 2. The van der Waals surface area contributed by atoms with E-state index in [4.69, 9.17) is 0 Å². The third-order valence-electron chi connectivity index (χ3n) is 5.92. The number of anilines is 2. The maximum atomic E-state index is 12.7. The molecular weight excluding hydrogens is 424 g/mol. The molecule has 6 heteroatoms. The average molecular weight is 449 g/mol. The number of hydrogen-bond acceptors (Lipinski definition) is 2. The van der Waals surface area contributed by atoms with Gasteiger partial charge < -0.3 is 10.6 Å². The summed E-state index contributed by atoms with van der Waals surface area (Å²) in [6, 6.07) is 26.3. The largest absolute Gasteiger partial charge is 0.322 e. The fourth-order valence-electron chi connectivity index (χ4n) is 4.03. The van der Waals surface area contributed by atoms with Crippen LogP contribution < -0.4 is 19.8 Å². The fourth-order valence-corrected chi connectivity index (χ4v) is 4.03. The molecule has 0 atom stereocenters. The first-order valence-corrected chi connectivity index (χ1v) is 11.0. The molecule has 5 rings (SSSR count). The minimum Gasteiger partial charge on any atom is -0.322 e. The number of nitrogens with one attached hydrogen (secondary N) is 2. The van der Waals surface area contributed by atoms with E-state index >= 15 is 0 Å². The number of rotatable bonds is 4. The molecule has 5 aromatic rings. The molecule has 3 aromatic carbocycles. The maximum absolute atomic E-state index is 12.7. The summed E-state index contributed by atoms with van der Waals surface area (Å²) >= 11 is 0. The van der Waals surface area contributed by atoms with Crippen LogP contribution in [0.25, 0.3) is 21.8 Å². The van der Waals surface area contributed by atoms with Crippen LogP contribution in [-0.2, 0) is 14.1 Å². The first-order chi connectivity index (χ1) is 16.5. The standard InChI is InChI=1S/C28H22N4O2/c1-31-15-3-5-19-11-13-23(17-25(19)31)29-27(33)21-7-9-22(10-8-21)28(34)30-24-14-12-20-6-4-16-32(2)26(20)18-24/h3-18H,1-2H3/p+2. The van der Waals surface area contributed by atoms with E-state index < -0.39 is 0 Å². The van der Waals surface area contributed by atoms with Gasteiger partial charge in [0.1, 0.15) is 14.1 Å². The normalized spacial score (nSPS) is 10.9. The van der Waals surface area contributed by atoms with E-state index in [-0.39, 0.29) is 11.8 Å². The fraction of sp³-hybridized carbons (Fsp3) is 0.0714. The first-order valence-electron chi connectivity index (χ1n) is 11.0. The van der Waals surface area contributed by atoms with Crippen molar-refractivity contribution < 1.29 is 18.7 Å². The second-order valence-corrected chi connectivity index (χ2v) is 8.27. The van der Waals surface area contributed by atoms with Crippen LogP contribution in [0.2, 0.25) is 0 Å². The molecule has 0 aliphatic carbocycles. The summed E-state index contributed by atoms with van der Waals surface area (Å²) in [4.78, 5) is 25.5. The Hall–Kier alpha value is -4.58. The van der Waals surface area contributed by atoms with Gasteiger partial charge in [-0.3, -0.25) is 9.59 Å². The highest BCUT2D eigenvalue weighted by Gasteiger charge is 2.13. The summed E-state index contributed by atoms with van der Waals surface area (Å²) in [5.74, 6) is -0.459. The highest BCUT2D eigenvalue weighted by Crippen LogP contribution is 2.19. The summed E-state index contributed by atoms with van der Waals surface area (Å²) in [7, 11) is 3.94. The number of benzene rings is 3. The number of aryl methyl sites for hydroxylation is 2. The van der Waals surface area contributed by atoms with Gasteiger partial charge in [-0.25, -0.2) is 9.13 Å². The Kier molecular flexibility index (Phi) is 5.47. The zero-order valence-electron chi connectivity index (χ0n) is 18.9. The number of hydrogen-bond donors (Lipinski definition) is 2. The second kappa shape index (κ2) is 8.75. The van der Waals surface area contributed by atoms with Crippen LogP contribution in [-0.4, -0.2) is 11.8 Å². The van der Waals surface area contributed by atoms with Gasteiger partial charge in [0.2, 0.25) is 11.0 Å². The summed E-state index contributed by atoms with van der Waals surface area (Å²) in [6.45, 7) is 0. The quantitative estimate of drug-likeness (QED) is 0.406. The van der Waals surface area contributed by atoms with Gasteiger partial charge in [-0.1, -0.05) is 0 Å². The summed E-state index contributed by atoms with van der Waals surface area (Å²) in [6.07, 6.45) is 3.94. The van der Waals surface area contributed by atoms with E-state index in [1.165, 1.54) is 0 Å². The molecule has 0 unspecified atom stereocenters. The highest BCUT2D eigenvalue weighted by molar-refractivity contribution is 6.07. The Bertz CT molecular complexity index is 1440. The van der Waals surface area contributed by atoms with Crippen LogP contribution >= 0.6 is 0 Å². The summed E-state index contributed by atoms with van der Waals surface area (Å²) < 4.78 is 4.02. The molecule has 0 saturated heterocycles. The van der Waals surface area contributed by atoms with E-state index in [1.807, 2.05) is 96.3 Å². The average Bonchev–Trinajstić information content (AvgIpc) is 2.85. The van der Waals surface area contributed by atoms with Crippen molar-refractivity contribution in [1.29, 1.82) is 0 Å². The maximum Gasteiger partial charge on any atom is 0.255 e. The second-order valence-electron chi connectivity index (χ2n) is 8.27. The summed E-state index contributed by atoms with van der Waals surface area (Å²) in [5.41, 5.74) is 4.43. The highest BCUT2D eigenvalue weighted by atomic mass is 16.2. The number of pyridine rings is 2. The SMILES string of the molecule is C[n+]1cccc2ccc(NC(=O)c3ccc(C(=O)Nc4ccc5ccc[n+](C)c5c4)cc3)cc21. The van der Waals surface area contributed by atoms with Crippen molar-refractivity contribution in [3.63, 3.8) is 0 Å². The van der Waals surface area contributed by atoms with Crippen molar-refractivity contribution in [3.8, 4) is 0 Å². The molecule has 0 bridgehead atoms. The number of amides is 2.